The first kappa shape index (κ1) is 17.8. The molecule has 0 rings (SSSR count). The van der Waals surface area contributed by atoms with Gasteiger partial charge >= 0.3 is 11.9 Å². The third kappa shape index (κ3) is 9.35. The second-order valence-corrected chi connectivity index (χ2v) is 5.91. The number of ether oxygens (including phenoxy) is 2. The fourth-order valence-electron chi connectivity index (χ4n) is 1.19. The Balaban J connectivity index is 4.16. The van der Waals surface area contributed by atoms with Crippen LogP contribution in [0.4, 0.5) is 0 Å². The highest BCUT2D eigenvalue weighted by Crippen LogP contribution is 2.11. The highest BCUT2D eigenvalue weighted by atomic mass is 32.2. The van der Waals surface area contributed by atoms with Crippen LogP contribution in [0.15, 0.2) is 0 Å². The summed E-state index contributed by atoms with van der Waals surface area (Å²) >= 11 is 1.21. The summed E-state index contributed by atoms with van der Waals surface area (Å²) in [5, 5.41) is 2.47. The van der Waals surface area contributed by atoms with Gasteiger partial charge in [0.05, 0.1) is 12.9 Å². The predicted octanol–water partition coefficient (Wildman–Crippen LogP) is 0.739. The van der Waals surface area contributed by atoms with Crippen LogP contribution in [0.3, 0.4) is 0 Å². The fourth-order valence-corrected chi connectivity index (χ4v) is 1.99. The summed E-state index contributed by atoms with van der Waals surface area (Å²) in [7, 11) is 1.25. The van der Waals surface area contributed by atoms with Gasteiger partial charge in [0.2, 0.25) is 5.91 Å². The van der Waals surface area contributed by atoms with E-state index in [1.165, 1.54) is 25.8 Å². The van der Waals surface area contributed by atoms with Crippen molar-refractivity contribution >= 4 is 29.6 Å². The Kier molecular flexibility index (Phi) is 7.51. The maximum atomic E-state index is 11.5. The second kappa shape index (κ2) is 8.04. The number of methoxy groups -OCH3 is 1. The predicted molar refractivity (Wildman–Crippen MR) is 72.8 cm³/mol. The zero-order valence-electron chi connectivity index (χ0n) is 11.9. The highest BCUT2D eigenvalue weighted by Gasteiger charge is 2.21. The number of carbonyl (C=O) groups excluding carboxylic acids is 3. The molecule has 6 nitrogen and oxygen atoms in total. The molecule has 0 bridgehead atoms. The molecule has 1 atom stereocenters. The van der Waals surface area contributed by atoms with Gasteiger partial charge in [-0.3, -0.25) is 9.59 Å². The van der Waals surface area contributed by atoms with Crippen molar-refractivity contribution < 1.29 is 23.9 Å². The Morgan fingerprint density at radius 3 is 2.26 bits per heavy atom. The molecule has 0 heterocycles. The number of nitrogens with one attached hydrogen (secondary N) is 1. The van der Waals surface area contributed by atoms with Crippen LogP contribution in [0, 0.1) is 0 Å². The maximum absolute atomic E-state index is 11.5. The lowest BCUT2D eigenvalue weighted by molar-refractivity contribution is -0.151. The van der Waals surface area contributed by atoms with Crippen LogP contribution in [0.25, 0.3) is 0 Å². The molecule has 1 amide bonds. The molecule has 0 saturated carbocycles. The maximum Gasteiger partial charge on any atom is 0.329 e. The lowest BCUT2D eigenvalue weighted by Crippen LogP contribution is -2.42. The molecule has 0 saturated heterocycles. The molecule has 0 aliphatic heterocycles. The zero-order valence-corrected chi connectivity index (χ0v) is 12.8. The summed E-state index contributed by atoms with van der Waals surface area (Å²) in [4.78, 5) is 33.8. The van der Waals surface area contributed by atoms with Gasteiger partial charge in [-0.05, 0) is 20.8 Å². The van der Waals surface area contributed by atoms with Crippen LogP contribution >= 0.6 is 11.8 Å². The molecule has 0 radical (unpaired) electrons. The van der Waals surface area contributed by atoms with Crippen LogP contribution < -0.4 is 5.32 Å². The van der Waals surface area contributed by atoms with E-state index in [1.54, 1.807) is 20.8 Å². The van der Waals surface area contributed by atoms with E-state index in [9.17, 15) is 14.4 Å². The Bertz CT molecular complexity index is 338. The topological polar surface area (TPSA) is 81.7 Å². The first-order chi connectivity index (χ1) is 8.65. The van der Waals surface area contributed by atoms with Gasteiger partial charge in [-0.15, -0.1) is 11.8 Å². The zero-order chi connectivity index (χ0) is 15.1. The fraction of sp³-hybridized carbons (Fsp3) is 0.750. The van der Waals surface area contributed by atoms with Crippen LogP contribution in [0.1, 0.15) is 27.7 Å². The molecule has 0 aliphatic rings. The van der Waals surface area contributed by atoms with E-state index in [-0.39, 0.29) is 23.4 Å². The first-order valence-electron chi connectivity index (χ1n) is 5.80. The molecule has 0 fully saturated rings. The van der Waals surface area contributed by atoms with Crippen LogP contribution in [0.2, 0.25) is 0 Å². The molecule has 1 N–H and O–H groups in total. The van der Waals surface area contributed by atoms with Gasteiger partial charge in [0, 0.05) is 12.7 Å². The number of thioether (sulfide) groups is 1. The molecule has 0 aromatic heterocycles. The Hall–Kier alpha value is -1.24. The number of esters is 2. The van der Waals surface area contributed by atoms with Gasteiger partial charge in [0.15, 0.2) is 0 Å². The van der Waals surface area contributed by atoms with E-state index in [0.29, 0.717) is 0 Å². The van der Waals surface area contributed by atoms with Gasteiger partial charge in [-0.1, -0.05) is 0 Å². The Morgan fingerprint density at radius 2 is 1.84 bits per heavy atom. The van der Waals surface area contributed by atoms with Crippen molar-refractivity contribution in [1.29, 1.82) is 0 Å². The van der Waals surface area contributed by atoms with Crippen molar-refractivity contribution in [3.63, 3.8) is 0 Å². The molecule has 1 unspecified atom stereocenters. The summed E-state index contributed by atoms with van der Waals surface area (Å²) in [6, 6.07) is -0.755. The molecule has 0 aliphatic carbocycles. The van der Waals surface area contributed by atoms with Gasteiger partial charge in [0.1, 0.15) is 11.6 Å². The van der Waals surface area contributed by atoms with Gasteiger partial charge < -0.3 is 14.8 Å². The van der Waals surface area contributed by atoms with E-state index in [0.717, 1.165) is 0 Å². The summed E-state index contributed by atoms with van der Waals surface area (Å²) in [6.45, 7) is 6.66. The number of carbonyl (C=O) groups is 3. The second-order valence-electron chi connectivity index (χ2n) is 4.88. The minimum atomic E-state index is -0.755. The Labute approximate surface area is 117 Å². The van der Waals surface area contributed by atoms with E-state index < -0.39 is 17.6 Å². The lowest BCUT2D eigenvalue weighted by Gasteiger charge is -2.20. The van der Waals surface area contributed by atoms with Crippen molar-refractivity contribution in [2.75, 3.05) is 18.6 Å². The number of hydrogen-bond donors (Lipinski definition) is 1. The van der Waals surface area contributed by atoms with Crippen molar-refractivity contribution in [3.8, 4) is 0 Å². The average Bonchev–Trinajstić information content (AvgIpc) is 2.23. The Morgan fingerprint density at radius 1 is 1.26 bits per heavy atom. The quantitative estimate of drug-likeness (QED) is 0.727. The van der Waals surface area contributed by atoms with Crippen LogP contribution in [0.5, 0.6) is 0 Å². The summed E-state index contributed by atoms with van der Waals surface area (Å²) in [6.07, 6.45) is 0. The molecule has 0 aromatic rings. The van der Waals surface area contributed by atoms with E-state index in [1.807, 2.05) is 0 Å². The average molecular weight is 291 g/mol. The first-order valence-corrected chi connectivity index (χ1v) is 6.95. The van der Waals surface area contributed by atoms with Gasteiger partial charge in [-0.2, -0.15) is 0 Å². The molecule has 19 heavy (non-hydrogen) atoms. The standard InChI is InChI=1S/C12H21NO5S/c1-8(14)13-9(11(16)17-5)6-19-7-10(15)18-12(2,3)4/h9H,6-7H2,1-5H3,(H,13,14). The number of amides is 1. The molecular weight excluding hydrogens is 270 g/mol. The molecule has 0 aromatic carbocycles. The van der Waals surface area contributed by atoms with Crippen molar-refractivity contribution in [1.82, 2.24) is 5.32 Å². The van der Waals surface area contributed by atoms with Crippen LogP contribution in [-0.4, -0.2) is 48.1 Å². The van der Waals surface area contributed by atoms with Crippen molar-refractivity contribution in [3.05, 3.63) is 0 Å². The molecule has 7 heteroatoms. The molecule has 0 spiro atoms. The smallest absolute Gasteiger partial charge is 0.329 e. The third-order valence-electron chi connectivity index (χ3n) is 1.79. The monoisotopic (exact) mass is 291 g/mol. The van der Waals surface area contributed by atoms with Gasteiger partial charge in [0.25, 0.3) is 0 Å². The minimum absolute atomic E-state index is 0.115. The normalized spacial score (nSPS) is 12.5. The third-order valence-corrected chi connectivity index (χ3v) is 2.80. The highest BCUT2D eigenvalue weighted by molar-refractivity contribution is 8.00. The van der Waals surface area contributed by atoms with E-state index in [4.69, 9.17) is 4.74 Å². The van der Waals surface area contributed by atoms with Crippen molar-refractivity contribution in [2.24, 2.45) is 0 Å². The number of hydrogen-bond acceptors (Lipinski definition) is 6. The number of rotatable bonds is 6. The van der Waals surface area contributed by atoms with Crippen molar-refractivity contribution in [2.45, 2.75) is 39.3 Å². The lowest BCUT2D eigenvalue weighted by atomic mass is 10.2. The van der Waals surface area contributed by atoms with Crippen LogP contribution in [-0.2, 0) is 23.9 Å². The SMILES string of the molecule is COC(=O)C(CSCC(=O)OC(C)(C)C)NC(C)=O. The van der Waals surface area contributed by atoms with E-state index in [2.05, 4.69) is 10.1 Å². The minimum Gasteiger partial charge on any atom is -0.467 e. The summed E-state index contributed by atoms with van der Waals surface area (Å²) in [5.74, 6) is -0.848. The summed E-state index contributed by atoms with van der Waals surface area (Å²) in [5.41, 5.74) is -0.531. The largest absolute Gasteiger partial charge is 0.467 e. The van der Waals surface area contributed by atoms with Gasteiger partial charge in [-0.25, -0.2) is 4.79 Å². The molecule has 110 valence electrons. The summed E-state index contributed by atoms with van der Waals surface area (Å²) < 4.78 is 9.69. The van der Waals surface area contributed by atoms with E-state index >= 15 is 0 Å². The molecular formula is C12H21NO5S.